The maximum absolute atomic E-state index is 9.20. The van der Waals surface area contributed by atoms with Crippen LogP contribution >= 0.6 is 0 Å². The van der Waals surface area contributed by atoms with Gasteiger partial charge in [-0.25, -0.2) is 0 Å². The molecule has 84 valence electrons. The topological polar surface area (TPSA) is 40.5 Å². The van der Waals surface area contributed by atoms with Gasteiger partial charge in [0.15, 0.2) is 0 Å². The van der Waals surface area contributed by atoms with Crippen molar-refractivity contribution in [2.24, 2.45) is 0 Å². The molecule has 0 bridgehead atoms. The van der Waals surface area contributed by atoms with Gasteiger partial charge in [-0.1, -0.05) is 31.9 Å². The van der Waals surface area contributed by atoms with E-state index in [1.807, 2.05) is 12.1 Å². The summed E-state index contributed by atoms with van der Waals surface area (Å²) in [5.74, 6) is 0.729. The predicted octanol–water partition coefficient (Wildman–Crippen LogP) is 3.05. The van der Waals surface area contributed by atoms with E-state index in [0.717, 1.165) is 12.8 Å². The van der Waals surface area contributed by atoms with Crippen LogP contribution in [-0.4, -0.2) is 16.8 Å². The second kappa shape index (κ2) is 6.46. The molecule has 0 saturated heterocycles. The maximum Gasteiger partial charge on any atom is 0.115 e. The summed E-state index contributed by atoms with van der Waals surface area (Å²) in [6.07, 6.45) is 4.29. The minimum atomic E-state index is 0.231. The first-order valence-corrected chi connectivity index (χ1v) is 5.67. The number of phenolic OH excluding ortho intramolecular Hbond substituents is 1. The zero-order valence-corrected chi connectivity index (χ0v) is 9.32. The van der Waals surface area contributed by atoms with E-state index in [9.17, 15) is 5.11 Å². The molecule has 2 N–H and O–H groups in total. The molecule has 0 amide bonds. The number of unbranched alkanes of at least 4 members (excludes halogenated alkanes) is 1. The lowest BCUT2D eigenvalue weighted by molar-refractivity contribution is 0.271. The van der Waals surface area contributed by atoms with E-state index in [2.05, 4.69) is 6.92 Å². The van der Waals surface area contributed by atoms with Crippen molar-refractivity contribution in [2.45, 2.75) is 38.5 Å². The highest BCUT2D eigenvalue weighted by atomic mass is 16.3. The van der Waals surface area contributed by atoms with E-state index < -0.39 is 0 Å². The molecule has 1 atom stereocenters. The number of hydrogen-bond donors (Lipinski definition) is 2. The van der Waals surface area contributed by atoms with Crippen LogP contribution < -0.4 is 0 Å². The van der Waals surface area contributed by atoms with Crippen LogP contribution in [0, 0.1) is 0 Å². The van der Waals surface area contributed by atoms with Gasteiger partial charge in [0.25, 0.3) is 0 Å². The van der Waals surface area contributed by atoms with Gasteiger partial charge in [0, 0.05) is 6.61 Å². The second-order valence-electron chi connectivity index (χ2n) is 3.94. The highest BCUT2D eigenvalue weighted by molar-refractivity contribution is 5.28. The first-order chi connectivity index (χ1) is 7.27. The first kappa shape index (κ1) is 12.1. The molecule has 2 nitrogen and oxygen atoms in total. The zero-order chi connectivity index (χ0) is 11.1. The molecule has 0 aliphatic carbocycles. The van der Waals surface area contributed by atoms with Crippen LogP contribution in [0.2, 0.25) is 0 Å². The van der Waals surface area contributed by atoms with Gasteiger partial charge in [0.05, 0.1) is 0 Å². The summed E-state index contributed by atoms with van der Waals surface area (Å²) in [7, 11) is 0. The third-order valence-electron chi connectivity index (χ3n) is 2.75. The summed E-state index contributed by atoms with van der Waals surface area (Å²) < 4.78 is 0. The van der Waals surface area contributed by atoms with Gasteiger partial charge in [-0.05, 0) is 36.5 Å². The number of aliphatic hydroxyl groups is 1. The van der Waals surface area contributed by atoms with Crippen molar-refractivity contribution in [2.75, 3.05) is 6.61 Å². The molecule has 0 spiro atoms. The Bertz CT molecular complexity index is 266. The van der Waals surface area contributed by atoms with Gasteiger partial charge in [-0.15, -0.1) is 0 Å². The number of phenols is 1. The molecule has 0 radical (unpaired) electrons. The van der Waals surface area contributed by atoms with Gasteiger partial charge in [0.2, 0.25) is 0 Å². The molecule has 1 aromatic rings. The average Bonchev–Trinajstić information content (AvgIpc) is 2.25. The zero-order valence-electron chi connectivity index (χ0n) is 9.32. The van der Waals surface area contributed by atoms with Crippen LogP contribution in [-0.2, 0) is 0 Å². The molecular formula is C13H20O2. The Kier molecular flexibility index (Phi) is 5.19. The Balaban J connectivity index is 2.65. The molecule has 0 aromatic heterocycles. The fourth-order valence-electron chi connectivity index (χ4n) is 1.83. The van der Waals surface area contributed by atoms with E-state index in [1.54, 1.807) is 12.1 Å². The van der Waals surface area contributed by atoms with Crippen LogP contribution in [0.25, 0.3) is 0 Å². The summed E-state index contributed by atoms with van der Waals surface area (Å²) in [4.78, 5) is 0. The Morgan fingerprint density at radius 1 is 1.13 bits per heavy atom. The van der Waals surface area contributed by atoms with Crippen molar-refractivity contribution < 1.29 is 10.2 Å². The average molecular weight is 208 g/mol. The minimum Gasteiger partial charge on any atom is -0.508 e. The molecule has 1 unspecified atom stereocenters. The molecule has 0 saturated carbocycles. The van der Waals surface area contributed by atoms with Crippen molar-refractivity contribution >= 4 is 0 Å². The SMILES string of the molecule is CCCCC(CCO)c1ccc(O)cc1. The summed E-state index contributed by atoms with van der Waals surface area (Å²) in [6, 6.07) is 7.33. The van der Waals surface area contributed by atoms with Crippen LogP contribution in [0.4, 0.5) is 0 Å². The van der Waals surface area contributed by atoms with Crippen molar-refractivity contribution in [1.82, 2.24) is 0 Å². The number of benzene rings is 1. The number of rotatable bonds is 6. The minimum absolute atomic E-state index is 0.231. The largest absolute Gasteiger partial charge is 0.508 e. The van der Waals surface area contributed by atoms with E-state index in [-0.39, 0.29) is 6.61 Å². The van der Waals surface area contributed by atoms with E-state index >= 15 is 0 Å². The van der Waals surface area contributed by atoms with Crippen LogP contribution in [0.1, 0.15) is 44.1 Å². The molecule has 0 aliphatic heterocycles. The van der Waals surface area contributed by atoms with Crippen molar-refractivity contribution in [1.29, 1.82) is 0 Å². The third kappa shape index (κ3) is 3.92. The molecule has 15 heavy (non-hydrogen) atoms. The fourth-order valence-corrected chi connectivity index (χ4v) is 1.83. The normalized spacial score (nSPS) is 12.7. The van der Waals surface area contributed by atoms with Gasteiger partial charge < -0.3 is 10.2 Å². The summed E-state index contributed by atoms with van der Waals surface area (Å²) in [6.45, 7) is 2.40. The van der Waals surface area contributed by atoms with Crippen LogP contribution in [0.3, 0.4) is 0 Å². The lowest BCUT2D eigenvalue weighted by atomic mass is 9.91. The second-order valence-corrected chi connectivity index (χ2v) is 3.94. The molecular weight excluding hydrogens is 188 g/mol. The highest BCUT2D eigenvalue weighted by Crippen LogP contribution is 2.26. The maximum atomic E-state index is 9.20. The van der Waals surface area contributed by atoms with E-state index in [4.69, 9.17) is 5.11 Å². The molecule has 0 fully saturated rings. The van der Waals surface area contributed by atoms with E-state index in [1.165, 1.54) is 18.4 Å². The van der Waals surface area contributed by atoms with Gasteiger partial charge >= 0.3 is 0 Å². The summed E-state index contributed by atoms with van der Waals surface area (Å²) in [5.41, 5.74) is 1.22. The number of aromatic hydroxyl groups is 1. The fraction of sp³-hybridized carbons (Fsp3) is 0.538. The Morgan fingerprint density at radius 2 is 1.80 bits per heavy atom. The monoisotopic (exact) mass is 208 g/mol. The van der Waals surface area contributed by atoms with E-state index in [0.29, 0.717) is 11.7 Å². The molecule has 1 aromatic carbocycles. The van der Waals surface area contributed by atoms with Crippen LogP contribution in [0.15, 0.2) is 24.3 Å². The molecule has 0 aliphatic rings. The first-order valence-electron chi connectivity index (χ1n) is 5.67. The Labute approximate surface area is 91.6 Å². The van der Waals surface area contributed by atoms with Crippen LogP contribution in [0.5, 0.6) is 5.75 Å². The summed E-state index contributed by atoms with van der Waals surface area (Å²) in [5, 5.41) is 18.2. The standard InChI is InChI=1S/C13H20O2/c1-2-3-4-11(9-10-14)12-5-7-13(15)8-6-12/h5-8,11,14-15H,2-4,9-10H2,1H3. The highest BCUT2D eigenvalue weighted by Gasteiger charge is 2.10. The van der Waals surface area contributed by atoms with Crippen molar-refractivity contribution in [3.05, 3.63) is 29.8 Å². The van der Waals surface area contributed by atoms with Crippen molar-refractivity contribution in [3.8, 4) is 5.75 Å². The Hall–Kier alpha value is -1.02. The molecule has 2 heteroatoms. The quantitative estimate of drug-likeness (QED) is 0.754. The summed E-state index contributed by atoms with van der Waals surface area (Å²) >= 11 is 0. The number of hydrogen-bond acceptors (Lipinski definition) is 2. The van der Waals surface area contributed by atoms with Crippen molar-refractivity contribution in [3.63, 3.8) is 0 Å². The van der Waals surface area contributed by atoms with Gasteiger partial charge in [-0.3, -0.25) is 0 Å². The Morgan fingerprint density at radius 3 is 2.33 bits per heavy atom. The smallest absolute Gasteiger partial charge is 0.115 e. The predicted molar refractivity (Wildman–Crippen MR) is 62.1 cm³/mol. The van der Waals surface area contributed by atoms with Gasteiger partial charge in [0.1, 0.15) is 5.75 Å². The molecule has 1 rings (SSSR count). The number of aliphatic hydroxyl groups excluding tert-OH is 1. The van der Waals surface area contributed by atoms with Gasteiger partial charge in [-0.2, -0.15) is 0 Å². The lowest BCUT2D eigenvalue weighted by Gasteiger charge is -2.15. The lowest BCUT2D eigenvalue weighted by Crippen LogP contribution is -2.01. The molecule has 0 heterocycles. The third-order valence-corrected chi connectivity index (χ3v) is 2.75.